The highest BCUT2D eigenvalue weighted by Gasteiger charge is 2.17. The molecule has 0 bridgehead atoms. The molecule has 0 fully saturated rings. The first-order valence-corrected chi connectivity index (χ1v) is 8.40. The molecule has 0 unspecified atom stereocenters. The fourth-order valence-electron chi connectivity index (χ4n) is 1.90. The lowest BCUT2D eigenvalue weighted by molar-refractivity contribution is 0.585. The van der Waals surface area contributed by atoms with Crippen molar-refractivity contribution >= 4 is 9.84 Å². The zero-order valence-corrected chi connectivity index (χ0v) is 13.5. The molecule has 1 radical (unpaired) electrons. The van der Waals surface area contributed by atoms with Crippen LogP contribution >= 0.6 is 0 Å². The van der Waals surface area contributed by atoms with Crippen LogP contribution in [-0.2, 0) is 15.3 Å². The number of sulfone groups is 1. The molecule has 0 atom stereocenters. The second-order valence-corrected chi connectivity index (χ2v) is 8.51. The fourth-order valence-corrected chi connectivity index (χ4v) is 3.21. The monoisotopic (exact) mass is 281 g/mol. The van der Waals surface area contributed by atoms with E-state index in [4.69, 9.17) is 0 Å². The van der Waals surface area contributed by atoms with Gasteiger partial charge in [-0.1, -0.05) is 46.8 Å². The van der Waals surface area contributed by atoms with Gasteiger partial charge in [0.2, 0.25) is 0 Å². The summed E-state index contributed by atoms with van der Waals surface area (Å²) in [5, 5.41) is 0. The Balaban J connectivity index is 2.80. The summed E-state index contributed by atoms with van der Waals surface area (Å²) in [6.45, 7) is 10.4. The summed E-state index contributed by atoms with van der Waals surface area (Å²) < 4.78 is 24.3. The first-order valence-electron chi connectivity index (χ1n) is 6.75. The lowest BCUT2D eigenvalue weighted by Gasteiger charge is -2.19. The molecular weight excluding hydrogens is 256 g/mol. The van der Waals surface area contributed by atoms with Crippen molar-refractivity contribution in [3.63, 3.8) is 0 Å². The molecule has 0 amide bonds. The molecule has 0 saturated carbocycles. The number of benzene rings is 1. The molecule has 0 aromatic heterocycles. The van der Waals surface area contributed by atoms with E-state index in [1.165, 1.54) is 5.92 Å². The Hall–Kier alpha value is -0.830. The maximum Gasteiger partial charge on any atom is 0.178 e. The van der Waals surface area contributed by atoms with Crippen LogP contribution in [0.4, 0.5) is 0 Å². The first-order chi connectivity index (χ1) is 8.63. The van der Waals surface area contributed by atoms with Crippen molar-refractivity contribution in [1.29, 1.82) is 0 Å². The first kappa shape index (κ1) is 16.2. The summed E-state index contributed by atoms with van der Waals surface area (Å²) in [4.78, 5) is 0.439. The maximum atomic E-state index is 12.2. The van der Waals surface area contributed by atoms with Crippen molar-refractivity contribution in [2.45, 2.75) is 57.8 Å². The van der Waals surface area contributed by atoms with Gasteiger partial charge in [0.15, 0.2) is 9.84 Å². The highest BCUT2D eigenvalue weighted by molar-refractivity contribution is 7.91. The minimum absolute atomic E-state index is 0.0522. The Morgan fingerprint density at radius 2 is 1.58 bits per heavy atom. The van der Waals surface area contributed by atoms with E-state index in [-0.39, 0.29) is 11.2 Å². The Labute approximate surface area is 118 Å². The standard InChI is InChI=1S/C16H25O2S/c1-13(2)7-6-12-19(17,18)15-10-8-14(9-11-15)16(3,4)5/h8-11H,6-7,12H2,1-5H3. The van der Waals surface area contributed by atoms with Gasteiger partial charge in [-0.05, 0) is 41.9 Å². The van der Waals surface area contributed by atoms with Gasteiger partial charge in [-0.15, -0.1) is 0 Å². The van der Waals surface area contributed by atoms with E-state index in [0.29, 0.717) is 11.3 Å². The number of rotatable bonds is 5. The van der Waals surface area contributed by atoms with Crippen LogP contribution in [0.3, 0.4) is 0 Å². The van der Waals surface area contributed by atoms with Crippen LogP contribution in [0.15, 0.2) is 29.2 Å². The third-order valence-electron chi connectivity index (χ3n) is 3.17. The fraction of sp³-hybridized carbons (Fsp3) is 0.562. The minimum atomic E-state index is -3.13. The van der Waals surface area contributed by atoms with Crippen molar-refractivity contribution in [2.75, 3.05) is 5.75 Å². The molecule has 2 nitrogen and oxygen atoms in total. The SMILES string of the molecule is C[C](C)CCCS(=O)(=O)c1ccc(C(C)(C)C)cc1. The molecule has 3 heteroatoms. The van der Waals surface area contributed by atoms with E-state index in [1.807, 2.05) is 26.0 Å². The van der Waals surface area contributed by atoms with Crippen LogP contribution in [0.5, 0.6) is 0 Å². The van der Waals surface area contributed by atoms with Crippen LogP contribution in [0.25, 0.3) is 0 Å². The Bertz CT molecular complexity index is 491. The van der Waals surface area contributed by atoms with Crippen molar-refractivity contribution in [3.8, 4) is 0 Å². The largest absolute Gasteiger partial charge is 0.224 e. The van der Waals surface area contributed by atoms with Crippen LogP contribution in [0.2, 0.25) is 0 Å². The molecule has 0 aliphatic rings. The Morgan fingerprint density at radius 3 is 2.00 bits per heavy atom. The Kier molecular flexibility index (Phi) is 5.19. The van der Waals surface area contributed by atoms with Gasteiger partial charge in [0.05, 0.1) is 10.6 Å². The van der Waals surface area contributed by atoms with Gasteiger partial charge in [0.25, 0.3) is 0 Å². The number of hydrogen-bond acceptors (Lipinski definition) is 2. The molecule has 0 heterocycles. The molecule has 19 heavy (non-hydrogen) atoms. The normalized spacial score (nSPS) is 12.9. The van der Waals surface area contributed by atoms with E-state index in [1.54, 1.807) is 12.1 Å². The summed E-state index contributed by atoms with van der Waals surface area (Å²) in [6, 6.07) is 7.31. The van der Waals surface area contributed by atoms with Crippen molar-refractivity contribution in [2.24, 2.45) is 0 Å². The van der Waals surface area contributed by atoms with E-state index in [2.05, 4.69) is 20.8 Å². The summed E-state index contributed by atoms with van der Waals surface area (Å²) in [5.41, 5.74) is 1.21. The highest BCUT2D eigenvalue weighted by atomic mass is 32.2. The average Bonchev–Trinajstić information content (AvgIpc) is 2.27. The van der Waals surface area contributed by atoms with Gasteiger partial charge in [0.1, 0.15) is 0 Å². The predicted molar refractivity (Wildman–Crippen MR) is 81.0 cm³/mol. The summed E-state index contributed by atoms with van der Waals surface area (Å²) in [5.74, 6) is 1.51. The topological polar surface area (TPSA) is 34.1 Å². The molecule has 0 spiro atoms. The molecule has 107 valence electrons. The van der Waals surface area contributed by atoms with Gasteiger partial charge in [-0.25, -0.2) is 8.42 Å². The second kappa shape index (κ2) is 6.08. The molecule has 1 aromatic carbocycles. The molecule has 1 aromatic rings. The quantitative estimate of drug-likeness (QED) is 0.812. The smallest absolute Gasteiger partial charge is 0.178 e. The molecule has 0 aliphatic carbocycles. The van der Waals surface area contributed by atoms with Crippen LogP contribution in [0, 0.1) is 5.92 Å². The zero-order chi connectivity index (χ0) is 14.7. The van der Waals surface area contributed by atoms with Gasteiger partial charge < -0.3 is 0 Å². The molecule has 0 saturated heterocycles. The van der Waals surface area contributed by atoms with Crippen LogP contribution < -0.4 is 0 Å². The van der Waals surface area contributed by atoms with E-state index < -0.39 is 9.84 Å². The lowest BCUT2D eigenvalue weighted by atomic mass is 9.87. The van der Waals surface area contributed by atoms with Crippen LogP contribution in [-0.4, -0.2) is 14.2 Å². The van der Waals surface area contributed by atoms with E-state index in [0.717, 1.165) is 12.0 Å². The van der Waals surface area contributed by atoms with E-state index >= 15 is 0 Å². The van der Waals surface area contributed by atoms with Crippen molar-refractivity contribution < 1.29 is 8.42 Å². The molecular formula is C16H25O2S. The van der Waals surface area contributed by atoms with Gasteiger partial charge in [-0.2, -0.15) is 0 Å². The third kappa shape index (κ3) is 4.98. The minimum Gasteiger partial charge on any atom is -0.224 e. The summed E-state index contributed by atoms with van der Waals surface area (Å²) in [7, 11) is -3.13. The summed E-state index contributed by atoms with van der Waals surface area (Å²) >= 11 is 0. The third-order valence-corrected chi connectivity index (χ3v) is 4.99. The van der Waals surface area contributed by atoms with Crippen molar-refractivity contribution in [3.05, 3.63) is 35.7 Å². The van der Waals surface area contributed by atoms with Crippen LogP contribution in [0.1, 0.15) is 53.0 Å². The zero-order valence-electron chi connectivity index (χ0n) is 12.7. The Morgan fingerprint density at radius 1 is 1.05 bits per heavy atom. The predicted octanol–water partition coefficient (Wildman–Crippen LogP) is 4.15. The number of hydrogen-bond donors (Lipinski definition) is 0. The van der Waals surface area contributed by atoms with Crippen molar-refractivity contribution in [1.82, 2.24) is 0 Å². The summed E-state index contributed by atoms with van der Waals surface area (Å²) in [6.07, 6.45) is 1.57. The van der Waals surface area contributed by atoms with Gasteiger partial charge in [-0.3, -0.25) is 0 Å². The maximum absolute atomic E-state index is 12.2. The molecule has 0 N–H and O–H groups in total. The van der Waals surface area contributed by atoms with Gasteiger partial charge >= 0.3 is 0 Å². The second-order valence-electron chi connectivity index (χ2n) is 6.40. The molecule has 1 rings (SSSR count). The van der Waals surface area contributed by atoms with E-state index in [9.17, 15) is 8.42 Å². The molecule has 0 aliphatic heterocycles. The lowest BCUT2D eigenvalue weighted by Crippen LogP contribution is -2.12. The average molecular weight is 281 g/mol. The highest BCUT2D eigenvalue weighted by Crippen LogP contribution is 2.24. The van der Waals surface area contributed by atoms with Gasteiger partial charge in [0, 0.05) is 0 Å².